The molecule has 126 heavy (non-hydrogen) atoms. The summed E-state index contributed by atoms with van der Waals surface area (Å²) in [6, 6.07) is 124. The first-order chi connectivity index (χ1) is 62.1. The topological polar surface area (TPSA) is 162 Å². The zero-order chi connectivity index (χ0) is 84.6. The van der Waals surface area contributed by atoms with Crippen molar-refractivity contribution in [2.75, 3.05) is 0 Å². The van der Waals surface area contributed by atoms with Gasteiger partial charge in [0, 0.05) is 123 Å². The van der Waals surface area contributed by atoms with E-state index in [9.17, 15) is 0 Å². The van der Waals surface area contributed by atoms with Crippen molar-refractivity contribution in [2.45, 2.75) is 0 Å². The Morgan fingerprint density at radius 2 is 0.595 bits per heavy atom. The van der Waals surface area contributed by atoms with Crippen LogP contribution in [0.15, 0.2) is 425 Å². The number of nitrogens with zero attached hydrogens (tertiary/aromatic N) is 15. The second kappa shape index (κ2) is 34.4. The highest BCUT2D eigenvalue weighted by Crippen LogP contribution is 2.41. The minimum atomic E-state index is 0.638. The highest BCUT2D eigenvalue weighted by Gasteiger charge is 2.22. The number of benzene rings is 10. The molecule has 24 aromatic rings. The third-order valence-corrected chi connectivity index (χ3v) is 24.2. The molecule has 0 saturated carbocycles. The lowest BCUT2D eigenvalue weighted by Crippen LogP contribution is -2.03. The van der Waals surface area contributed by atoms with E-state index in [-0.39, 0.29) is 0 Å². The lowest BCUT2D eigenvalue weighted by molar-refractivity contribution is 1.01. The molecule has 0 unspecified atom stereocenters. The molecule has 0 radical (unpaired) electrons. The second-order valence-electron chi connectivity index (χ2n) is 29.9. The largest absolute Gasteiger partial charge is 0.308 e. The van der Waals surface area contributed by atoms with Crippen LogP contribution in [0.4, 0.5) is 0 Å². The summed E-state index contributed by atoms with van der Waals surface area (Å²) in [5.41, 5.74) is 29.3. The fourth-order valence-electron chi connectivity index (χ4n) is 16.6. The molecular weight excluding hydrogens is 1810 g/mol. The first-order valence-corrected chi connectivity index (χ1v) is 43.9. The maximum Gasteiger partial charge on any atom is 0.235 e. The van der Waals surface area contributed by atoms with Gasteiger partial charge in [0.15, 0.2) is 0 Å². The lowest BCUT2D eigenvalue weighted by atomic mass is 9.96. The van der Waals surface area contributed by atoms with Gasteiger partial charge in [0.2, 0.25) is 5.95 Å². The van der Waals surface area contributed by atoms with Crippen molar-refractivity contribution >= 4 is 162 Å². The molecule has 19 heteroatoms. The molecular formula is C107H67Br4N15. The second-order valence-corrected chi connectivity index (χ2v) is 33.5. The summed E-state index contributed by atoms with van der Waals surface area (Å²) in [7, 11) is 0. The fraction of sp³-hybridized carbons (Fsp3) is 0. The fourth-order valence-corrected chi connectivity index (χ4v) is 17.9. The van der Waals surface area contributed by atoms with E-state index in [1.54, 1.807) is 12.4 Å². The number of fused-ring (bicyclic) bond motifs is 13. The average molecular weight is 1880 g/mol. The van der Waals surface area contributed by atoms with E-state index < -0.39 is 0 Å². The third kappa shape index (κ3) is 15.3. The van der Waals surface area contributed by atoms with Gasteiger partial charge in [0.05, 0.1) is 101 Å². The molecule has 15 nitrogen and oxygen atoms in total. The van der Waals surface area contributed by atoms with Crippen LogP contribution in [0.25, 0.3) is 200 Å². The van der Waals surface area contributed by atoms with Crippen molar-refractivity contribution in [3.63, 3.8) is 0 Å². The molecule has 0 fully saturated rings. The van der Waals surface area contributed by atoms with Crippen LogP contribution in [0.1, 0.15) is 0 Å². The van der Waals surface area contributed by atoms with Crippen molar-refractivity contribution in [2.24, 2.45) is 0 Å². The van der Waals surface area contributed by atoms with Crippen molar-refractivity contribution in [1.82, 2.24) is 73.1 Å². The number of para-hydroxylation sites is 3. The van der Waals surface area contributed by atoms with Crippen LogP contribution < -0.4 is 0 Å². The normalized spacial score (nSPS) is 11.3. The molecule has 14 heterocycles. The molecule has 0 aliphatic carbocycles. The van der Waals surface area contributed by atoms with Gasteiger partial charge in [-0.1, -0.05) is 181 Å². The van der Waals surface area contributed by atoms with Crippen LogP contribution in [-0.2, 0) is 0 Å². The number of rotatable bonds is 11. The van der Waals surface area contributed by atoms with Gasteiger partial charge in [-0.25, -0.2) is 19.9 Å². The van der Waals surface area contributed by atoms with E-state index in [0.29, 0.717) is 5.95 Å². The van der Waals surface area contributed by atoms with Gasteiger partial charge in [0.1, 0.15) is 10.3 Å². The maximum atomic E-state index is 5.05. The van der Waals surface area contributed by atoms with E-state index in [1.165, 1.54) is 16.3 Å². The van der Waals surface area contributed by atoms with Gasteiger partial charge in [-0.15, -0.1) is 0 Å². The molecule has 0 aliphatic heterocycles. The smallest absolute Gasteiger partial charge is 0.235 e. The SMILES string of the molecule is Brc1ccc2c3ccccc3n(-c3ccccc3)c2n1.Brc1ccc2c3ncccc3n(-c3ccc(-c4cc(-c5ccccn5)cc(-c5ccccn5)c4)cc3)c2c1.Brc1ccc2c3ncccc3n(-c3ccc(-c4cc(-c5ccccn5)nc(-c5ccccn5)c4)cc3)c2c1.Brc1ccc2c3ncccc3n(-c3nc(-c4ccccc4)c4ccccc4n3)c2c1. The summed E-state index contributed by atoms with van der Waals surface area (Å²) in [5, 5.41) is 6.77. The number of pyridine rings is 9. The van der Waals surface area contributed by atoms with Gasteiger partial charge in [-0.3, -0.25) is 44.0 Å². The van der Waals surface area contributed by atoms with Crippen LogP contribution >= 0.6 is 63.7 Å². The highest BCUT2D eigenvalue weighted by atomic mass is 79.9. The van der Waals surface area contributed by atoms with Gasteiger partial charge in [-0.05, 0) is 269 Å². The molecule has 10 aromatic carbocycles. The summed E-state index contributed by atoms with van der Waals surface area (Å²) in [5.74, 6) is 0.638. The van der Waals surface area contributed by atoms with E-state index in [2.05, 4.69) is 328 Å². The summed E-state index contributed by atoms with van der Waals surface area (Å²) >= 11 is 14.4. The minimum absolute atomic E-state index is 0.638. The summed E-state index contributed by atoms with van der Waals surface area (Å²) in [6.07, 6.45) is 12.8. The minimum Gasteiger partial charge on any atom is -0.308 e. The molecule has 0 N–H and O–H groups in total. The zero-order valence-corrected chi connectivity index (χ0v) is 73.2. The first-order valence-electron chi connectivity index (χ1n) is 40.8. The Hall–Kier alpha value is -15.0. The Balaban J connectivity index is 0.000000105. The predicted octanol–water partition coefficient (Wildman–Crippen LogP) is 28.4. The standard InChI is InChI=1S/C33H21BrN4.C32H20BrN5.C25H15BrN4.C17H11BrN2/c34-26-11-14-28-32(21-26)38(31-8-5-17-37-33(28)31)27-12-9-22(10-13-27)23-18-24(29-6-1-3-15-35-29)20-25(19-23)30-7-2-4-16-36-30;33-23-11-14-25-31(20-23)38(30-8-5-17-36-32(25)30)24-12-9-21(10-13-24)22-18-28(26-6-1-3-15-34-26)37-29(19-22)27-7-2-4-16-35-27;26-17-12-13-19-22(15-17)30(21-11-6-14-27-24(19)21)25-28-20-10-5-4-9-18(20)23(29-25)16-7-2-1-3-8-16;18-16-11-10-14-13-8-4-5-9-15(13)20(17(14)19-16)12-6-2-1-3-7-12/h1-21H;1-20H;1-15H;1-11H. The molecule has 24 rings (SSSR count). The maximum absolute atomic E-state index is 5.05. The molecule has 598 valence electrons. The highest BCUT2D eigenvalue weighted by molar-refractivity contribution is 9.11. The molecule has 14 aromatic heterocycles. The average Bonchev–Trinajstić information content (AvgIpc) is 1.60. The number of hydrogen-bond donors (Lipinski definition) is 0. The third-order valence-electron chi connectivity index (χ3n) is 22.2. The van der Waals surface area contributed by atoms with Crippen molar-refractivity contribution in [3.8, 4) is 102 Å². The molecule has 0 aliphatic rings. The van der Waals surface area contributed by atoms with Crippen molar-refractivity contribution < 1.29 is 0 Å². The first kappa shape index (κ1) is 78.3. The van der Waals surface area contributed by atoms with Gasteiger partial charge in [-0.2, -0.15) is 0 Å². The van der Waals surface area contributed by atoms with Crippen LogP contribution in [0.5, 0.6) is 0 Å². The van der Waals surface area contributed by atoms with Crippen LogP contribution in [0.2, 0.25) is 0 Å². The molecule has 0 bridgehead atoms. The molecule has 0 atom stereocenters. The predicted molar refractivity (Wildman–Crippen MR) is 525 cm³/mol. The van der Waals surface area contributed by atoms with Gasteiger partial charge >= 0.3 is 0 Å². The Morgan fingerprint density at radius 3 is 1.10 bits per heavy atom. The van der Waals surface area contributed by atoms with E-state index in [4.69, 9.17) is 15.0 Å². The number of halogens is 4. The summed E-state index contributed by atoms with van der Waals surface area (Å²) in [4.78, 5) is 51.8. The molecule has 0 spiro atoms. The Kier molecular flexibility index (Phi) is 21.4. The van der Waals surface area contributed by atoms with Crippen molar-refractivity contribution in [1.29, 1.82) is 0 Å². The van der Waals surface area contributed by atoms with E-state index in [0.717, 1.165) is 196 Å². The van der Waals surface area contributed by atoms with Crippen LogP contribution in [-0.4, -0.2) is 73.1 Å². The monoisotopic (exact) mass is 1880 g/mol. The Bertz CT molecular complexity index is 7780. The summed E-state index contributed by atoms with van der Waals surface area (Å²) in [6.45, 7) is 0. The number of aromatic nitrogens is 15. The number of hydrogen-bond acceptors (Lipinski definition) is 11. The lowest BCUT2D eigenvalue weighted by Gasteiger charge is -2.12. The molecule has 0 amide bonds. The van der Waals surface area contributed by atoms with Crippen LogP contribution in [0.3, 0.4) is 0 Å². The molecule has 0 saturated heterocycles. The van der Waals surface area contributed by atoms with Crippen LogP contribution in [0, 0.1) is 0 Å². The van der Waals surface area contributed by atoms with E-state index >= 15 is 0 Å². The zero-order valence-electron chi connectivity index (χ0n) is 66.9. The summed E-state index contributed by atoms with van der Waals surface area (Å²) < 4.78 is 12.8. The Labute approximate surface area is 756 Å². The Morgan fingerprint density at radius 1 is 0.198 bits per heavy atom. The van der Waals surface area contributed by atoms with E-state index in [1.807, 2.05) is 189 Å². The quantitative estimate of drug-likeness (QED) is 0.113. The van der Waals surface area contributed by atoms with Gasteiger partial charge < -0.3 is 9.13 Å². The van der Waals surface area contributed by atoms with Crippen molar-refractivity contribution in [3.05, 3.63) is 425 Å². The van der Waals surface area contributed by atoms with Gasteiger partial charge in [0.25, 0.3) is 0 Å².